The molecule has 0 radical (unpaired) electrons. The average molecular weight is 425 g/mol. The second-order valence-corrected chi connectivity index (χ2v) is 9.60. The van der Waals surface area contributed by atoms with Gasteiger partial charge >= 0.3 is 5.97 Å². The third-order valence-corrected chi connectivity index (χ3v) is 6.31. The molecule has 0 aromatic heterocycles. The number of hydrogen-bond donors (Lipinski definition) is 0. The minimum atomic E-state index is -3.44. The van der Waals surface area contributed by atoms with E-state index in [2.05, 4.69) is 0 Å². The van der Waals surface area contributed by atoms with Crippen molar-refractivity contribution >= 4 is 27.6 Å². The van der Waals surface area contributed by atoms with Crippen LogP contribution in [-0.2, 0) is 24.3 Å². The molecule has 2 rings (SSSR count). The van der Waals surface area contributed by atoms with E-state index in [1.165, 1.54) is 10.6 Å². The fourth-order valence-electron chi connectivity index (χ4n) is 3.74. The molecule has 7 nitrogen and oxygen atoms in total. The molecule has 29 heavy (non-hydrogen) atoms. The van der Waals surface area contributed by atoms with Crippen molar-refractivity contribution in [2.24, 2.45) is 5.92 Å². The first-order chi connectivity index (χ1) is 13.6. The molecule has 8 heteroatoms. The summed E-state index contributed by atoms with van der Waals surface area (Å²) in [5.74, 6) is -0.317. The van der Waals surface area contributed by atoms with E-state index in [0.717, 1.165) is 11.1 Å². The number of benzene rings is 1. The minimum absolute atomic E-state index is 0.00110. The number of sulfonamides is 1. The molecule has 0 spiro atoms. The van der Waals surface area contributed by atoms with E-state index in [9.17, 15) is 18.0 Å². The van der Waals surface area contributed by atoms with Crippen molar-refractivity contribution in [3.05, 3.63) is 29.3 Å². The van der Waals surface area contributed by atoms with Crippen LogP contribution in [0.5, 0.6) is 0 Å². The van der Waals surface area contributed by atoms with E-state index in [0.29, 0.717) is 44.6 Å². The van der Waals surface area contributed by atoms with Crippen LogP contribution in [-0.4, -0.2) is 57.7 Å². The molecular formula is C21H32N2O5S. The number of anilines is 1. The summed E-state index contributed by atoms with van der Waals surface area (Å²) in [7, 11) is -3.44. The number of piperidine rings is 1. The summed E-state index contributed by atoms with van der Waals surface area (Å²) >= 11 is 0. The van der Waals surface area contributed by atoms with Gasteiger partial charge in [0.1, 0.15) is 0 Å². The molecule has 0 aliphatic carbocycles. The fraction of sp³-hybridized carbons (Fsp3) is 0.619. The molecule has 0 unspecified atom stereocenters. The standard InChI is InChI=1S/C21H32N2O5S/c1-5-28-21(25)18-8-11-22(12-9-18)20(24)7-6-10-23(29(4,26)27)19-14-16(2)13-17(3)15-19/h13-15,18H,5-12H2,1-4H3. The number of nitrogens with zero attached hydrogens (tertiary/aromatic N) is 2. The number of rotatable bonds is 8. The lowest BCUT2D eigenvalue weighted by Crippen LogP contribution is -2.41. The second-order valence-electron chi connectivity index (χ2n) is 7.69. The molecule has 162 valence electrons. The van der Waals surface area contributed by atoms with Crippen molar-refractivity contribution < 1.29 is 22.7 Å². The molecule has 0 N–H and O–H groups in total. The number of likely N-dealkylation sites (tertiary alicyclic amines) is 1. The van der Waals surface area contributed by atoms with Crippen LogP contribution in [0.25, 0.3) is 0 Å². The van der Waals surface area contributed by atoms with Gasteiger partial charge in [0.15, 0.2) is 0 Å². The van der Waals surface area contributed by atoms with Gasteiger partial charge in [-0.3, -0.25) is 13.9 Å². The zero-order valence-electron chi connectivity index (χ0n) is 17.8. The summed E-state index contributed by atoms with van der Waals surface area (Å²) in [6.45, 7) is 7.35. The van der Waals surface area contributed by atoms with E-state index in [-0.39, 0.29) is 30.8 Å². The third-order valence-electron chi connectivity index (χ3n) is 5.11. The monoisotopic (exact) mass is 424 g/mol. The van der Waals surface area contributed by atoms with Gasteiger partial charge in [0.25, 0.3) is 0 Å². The number of carbonyl (C=O) groups is 2. The summed E-state index contributed by atoms with van der Waals surface area (Å²) in [5.41, 5.74) is 2.62. The molecule has 0 atom stereocenters. The van der Waals surface area contributed by atoms with E-state index >= 15 is 0 Å². The summed E-state index contributed by atoms with van der Waals surface area (Å²) in [6, 6.07) is 5.68. The minimum Gasteiger partial charge on any atom is -0.466 e. The van der Waals surface area contributed by atoms with Crippen molar-refractivity contribution in [1.82, 2.24) is 4.90 Å². The summed E-state index contributed by atoms with van der Waals surface area (Å²) in [6.07, 6.45) is 3.13. The zero-order valence-corrected chi connectivity index (χ0v) is 18.6. The highest BCUT2D eigenvalue weighted by molar-refractivity contribution is 7.92. The van der Waals surface area contributed by atoms with Gasteiger partial charge < -0.3 is 9.64 Å². The first-order valence-electron chi connectivity index (χ1n) is 10.1. The highest BCUT2D eigenvalue weighted by atomic mass is 32.2. The number of aryl methyl sites for hydroxylation is 2. The van der Waals surface area contributed by atoms with Crippen LogP contribution in [0.2, 0.25) is 0 Å². The smallest absolute Gasteiger partial charge is 0.309 e. The van der Waals surface area contributed by atoms with Crippen LogP contribution < -0.4 is 4.31 Å². The lowest BCUT2D eigenvalue weighted by atomic mass is 9.97. The Morgan fingerprint density at radius 1 is 1.14 bits per heavy atom. The highest BCUT2D eigenvalue weighted by Crippen LogP contribution is 2.23. The summed E-state index contributed by atoms with van der Waals surface area (Å²) in [4.78, 5) is 26.1. The summed E-state index contributed by atoms with van der Waals surface area (Å²) < 4.78 is 31.0. The van der Waals surface area contributed by atoms with Gasteiger partial charge in [0.05, 0.1) is 24.5 Å². The van der Waals surface area contributed by atoms with Crippen molar-refractivity contribution in [3.8, 4) is 0 Å². The molecule has 1 aliphatic rings. The number of esters is 1. The number of hydrogen-bond acceptors (Lipinski definition) is 5. The lowest BCUT2D eigenvalue weighted by molar-refractivity contribution is -0.151. The quantitative estimate of drug-likeness (QED) is 0.599. The molecule has 1 amide bonds. The predicted octanol–water partition coefficient (Wildman–Crippen LogP) is 2.65. The van der Waals surface area contributed by atoms with E-state index in [1.54, 1.807) is 11.8 Å². The SMILES string of the molecule is CCOC(=O)C1CCN(C(=O)CCCN(c2cc(C)cc(C)c2)S(C)(=O)=O)CC1. The largest absolute Gasteiger partial charge is 0.466 e. The Hall–Kier alpha value is -2.09. The van der Waals surface area contributed by atoms with Gasteiger partial charge in [-0.05, 0) is 63.3 Å². The topological polar surface area (TPSA) is 84.0 Å². The van der Waals surface area contributed by atoms with Gasteiger partial charge in [0, 0.05) is 26.1 Å². The molecule has 1 saturated heterocycles. The van der Waals surface area contributed by atoms with Crippen LogP contribution in [0.15, 0.2) is 18.2 Å². The molecule has 1 fully saturated rings. The van der Waals surface area contributed by atoms with Gasteiger partial charge in [-0.1, -0.05) is 6.07 Å². The van der Waals surface area contributed by atoms with Crippen molar-refractivity contribution in [2.75, 3.05) is 36.8 Å². The number of amides is 1. The Bertz CT molecular complexity index is 809. The molecule has 1 aliphatic heterocycles. The Morgan fingerprint density at radius 2 is 1.72 bits per heavy atom. The highest BCUT2D eigenvalue weighted by Gasteiger charge is 2.28. The maximum Gasteiger partial charge on any atom is 0.309 e. The maximum absolute atomic E-state index is 12.5. The van der Waals surface area contributed by atoms with Gasteiger partial charge in [0.2, 0.25) is 15.9 Å². The Balaban J connectivity index is 1.90. The maximum atomic E-state index is 12.5. The average Bonchev–Trinajstić information content (AvgIpc) is 2.63. The van der Waals surface area contributed by atoms with Crippen LogP contribution in [0.1, 0.15) is 43.7 Å². The van der Waals surface area contributed by atoms with E-state index in [4.69, 9.17) is 4.74 Å². The van der Waals surface area contributed by atoms with Crippen LogP contribution in [0, 0.1) is 19.8 Å². The second kappa shape index (κ2) is 10.1. The molecule has 1 heterocycles. The van der Waals surface area contributed by atoms with Gasteiger partial charge in [-0.2, -0.15) is 0 Å². The van der Waals surface area contributed by atoms with Crippen molar-refractivity contribution in [3.63, 3.8) is 0 Å². The van der Waals surface area contributed by atoms with Crippen LogP contribution in [0.3, 0.4) is 0 Å². The Morgan fingerprint density at radius 3 is 2.24 bits per heavy atom. The normalized spacial score (nSPS) is 15.2. The molecule has 1 aromatic carbocycles. The van der Waals surface area contributed by atoms with Crippen LogP contribution in [0.4, 0.5) is 5.69 Å². The lowest BCUT2D eigenvalue weighted by Gasteiger charge is -2.31. The van der Waals surface area contributed by atoms with Crippen molar-refractivity contribution in [2.45, 2.75) is 46.5 Å². The molecular weight excluding hydrogens is 392 g/mol. The van der Waals surface area contributed by atoms with E-state index < -0.39 is 10.0 Å². The number of carbonyl (C=O) groups excluding carboxylic acids is 2. The van der Waals surface area contributed by atoms with Gasteiger partial charge in [-0.25, -0.2) is 8.42 Å². The Labute approximate surface area is 174 Å². The molecule has 0 bridgehead atoms. The first-order valence-corrected chi connectivity index (χ1v) is 12.0. The van der Waals surface area contributed by atoms with Gasteiger partial charge in [-0.15, -0.1) is 0 Å². The fourth-order valence-corrected chi connectivity index (χ4v) is 4.69. The molecule has 0 saturated carbocycles. The van der Waals surface area contributed by atoms with E-state index in [1.807, 2.05) is 32.0 Å². The predicted molar refractivity (Wildman–Crippen MR) is 113 cm³/mol. The Kier molecular flexibility index (Phi) is 8.07. The van der Waals surface area contributed by atoms with Crippen LogP contribution >= 0.6 is 0 Å². The summed E-state index contributed by atoms with van der Waals surface area (Å²) in [5, 5.41) is 0. The zero-order chi connectivity index (χ0) is 21.6. The number of ether oxygens (including phenoxy) is 1. The molecule has 1 aromatic rings. The third kappa shape index (κ3) is 6.73. The van der Waals surface area contributed by atoms with Crippen molar-refractivity contribution in [1.29, 1.82) is 0 Å². The first kappa shape index (κ1) is 23.2.